The Balaban J connectivity index is 2.08. The van der Waals surface area contributed by atoms with E-state index in [-0.39, 0.29) is 24.6 Å². The molecule has 0 heterocycles. The van der Waals surface area contributed by atoms with Crippen LogP contribution in [0.5, 0.6) is 5.75 Å². The quantitative estimate of drug-likeness (QED) is 0.764. The summed E-state index contributed by atoms with van der Waals surface area (Å²) in [6.45, 7) is 2.18. The van der Waals surface area contributed by atoms with Crippen LogP contribution in [0.2, 0.25) is 0 Å². The molecule has 1 N–H and O–H groups in total. The SMILES string of the molecule is CCOc1ccccc1NC(=O)CCN(c1cccc(F)c1)S(C)(=O)=O. The number of nitrogens with one attached hydrogen (secondary N) is 1. The van der Waals surface area contributed by atoms with E-state index in [1.807, 2.05) is 6.92 Å². The van der Waals surface area contributed by atoms with E-state index in [2.05, 4.69) is 5.32 Å². The Hall–Kier alpha value is -2.61. The van der Waals surface area contributed by atoms with Gasteiger partial charge in [0.2, 0.25) is 15.9 Å². The minimum absolute atomic E-state index is 0.0932. The zero-order valence-electron chi connectivity index (χ0n) is 14.6. The number of hydrogen-bond acceptors (Lipinski definition) is 4. The van der Waals surface area contributed by atoms with Crippen LogP contribution in [0.4, 0.5) is 15.8 Å². The van der Waals surface area contributed by atoms with Crippen LogP contribution in [0.15, 0.2) is 48.5 Å². The first kappa shape index (κ1) is 19.7. The largest absolute Gasteiger partial charge is 0.492 e. The predicted octanol–water partition coefficient (Wildman–Crippen LogP) is 3.02. The van der Waals surface area contributed by atoms with Crippen LogP contribution in [-0.4, -0.2) is 33.7 Å². The summed E-state index contributed by atoms with van der Waals surface area (Å²) < 4.78 is 43.9. The Labute approximate surface area is 152 Å². The summed E-state index contributed by atoms with van der Waals surface area (Å²) >= 11 is 0. The van der Waals surface area contributed by atoms with Gasteiger partial charge in [-0.25, -0.2) is 12.8 Å². The second-order valence-corrected chi connectivity index (χ2v) is 7.45. The third-order valence-electron chi connectivity index (χ3n) is 3.50. The summed E-state index contributed by atoms with van der Waals surface area (Å²) in [5, 5.41) is 2.71. The number of carbonyl (C=O) groups excluding carboxylic acids is 1. The second kappa shape index (κ2) is 8.66. The van der Waals surface area contributed by atoms with Gasteiger partial charge in [0.15, 0.2) is 0 Å². The van der Waals surface area contributed by atoms with Crippen LogP contribution in [-0.2, 0) is 14.8 Å². The molecule has 0 atom stereocenters. The molecule has 26 heavy (non-hydrogen) atoms. The highest BCUT2D eigenvalue weighted by Crippen LogP contribution is 2.24. The monoisotopic (exact) mass is 380 g/mol. The number of para-hydroxylation sites is 2. The molecule has 0 radical (unpaired) electrons. The number of hydrogen-bond donors (Lipinski definition) is 1. The lowest BCUT2D eigenvalue weighted by atomic mass is 10.2. The standard InChI is InChI=1S/C18H21FN2O4S/c1-3-25-17-10-5-4-9-16(17)20-18(22)11-12-21(26(2,23)24)15-8-6-7-14(19)13-15/h4-10,13H,3,11-12H2,1-2H3,(H,20,22). The first-order chi connectivity index (χ1) is 12.3. The van der Waals surface area contributed by atoms with Crippen molar-refractivity contribution in [3.8, 4) is 5.75 Å². The van der Waals surface area contributed by atoms with Gasteiger partial charge < -0.3 is 10.1 Å². The Morgan fingerprint density at radius 1 is 1.19 bits per heavy atom. The first-order valence-corrected chi connectivity index (χ1v) is 9.91. The van der Waals surface area contributed by atoms with E-state index in [1.165, 1.54) is 18.2 Å². The van der Waals surface area contributed by atoms with E-state index >= 15 is 0 Å². The summed E-state index contributed by atoms with van der Waals surface area (Å²) in [5.74, 6) is -0.387. The van der Waals surface area contributed by atoms with Gasteiger partial charge in [0.25, 0.3) is 0 Å². The van der Waals surface area contributed by atoms with E-state index in [9.17, 15) is 17.6 Å². The Morgan fingerprint density at radius 3 is 2.58 bits per heavy atom. The molecule has 0 spiro atoms. The average Bonchev–Trinajstić information content (AvgIpc) is 2.56. The summed E-state index contributed by atoms with van der Waals surface area (Å²) in [6, 6.07) is 12.2. The highest BCUT2D eigenvalue weighted by Gasteiger charge is 2.19. The summed E-state index contributed by atoms with van der Waals surface area (Å²) in [7, 11) is -3.66. The van der Waals surface area contributed by atoms with Crippen LogP contribution in [0, 0.1) is 5.82 Å². The van der Waals surface area contributed by atoms with Crippen LogP contribution in [0.1, 0.15) is 13.3 Å². The molecule has 0 aliphatic carbocycles. The van der Waals surface area contributed by atoms with Crippen molar-refractivity contribution in [2.24, 2.45) is 0 Å². The fourth-order valence-electron chi connectivity index (χ4n) is 2.38. The topological polar surface area (TPSA) is 75.7 Å². The number of ether oxygens (including phenoxy) is 1. The van der Waals surface area contributed by atoms with Crippen molar-refractivity contribution < 1.29 is 22.3 Å². The third-order valence-corrected chi connectivity index (χ3v) is 4.69. The van der Waals surface area contributed by atoms with Crippen LogP contribution in [0.3, 0.4) is 0 Å². The van der Waals surface area contributed by atoms with Crippen molar-refractivity contribution >= 4 is 27.3 Å². The summed E-state index contributed by atoms with van der Waals surface area (Å²) in [6.07, 6.45) is 0.921. The minimum atomic E-state index is -3.66. The van der Waals surface area contributed by atoms with Gasteiger partial charge in [0.05, 0.1) is 24.2 Å². The van der Waals surface area contributed by atoms with Gasteiger partial charge in [-0.3, -0.25) is 9.10 Å². The zero-order chi connectivity index (χ0) is 19.2. The normalized spacial score (nSPS) is 11.0. The van der Waals surface area contributed by atoms with Crippen molar-refractivity contribution in [3.63, 3.8) is 0 Å². The lowest BCUT2D eigenvalue weighted by molar-refractivity contribution is -0.116. The Morgan fingerprint density at radius 2 is 1.92 bits per heavy atom. The van der Waals surface area contributed by atoms with E-state index in [0.29, 0.717) is 18.0 Å². The molecule has 2 rings (SSSR count). The second-order valence-electron chi connectivity index (χ2n) is 5.54. The van der Waals surface area contributed by atoms with Crippen molar-refractivity contribution in [2.75, 3.05) is 29.0 Å². The molecule has 0 aromatic heterocycles. The average molecular weight is 380 g/mol. The number of halogens is 1. The number of anilines is 2. The highest BCUT2D eigenvalue weighted by atomic mass is 32.2. The molecule has 140 valence electrons. The number of carbonyl (C=O) groups is 1. The Kier molecular flexibility index (Phi) is 6.57. The molecule has 2 aromatic rings. The smallest absolute Gasteiger partial charge is 0.232 e. The van der Waals surface area contributed by atoms with Gasteiger partial charge in [0, 0.05) is 13.0 Å². The summed E-state index contributed by atoms with van der Waals surface area (Å²) in [4.78, 5) is 12.2. The lowest BCUT2D eigenvalue weighted by Crippen LogP contribution is -2.33. The molecule has 0 fully saturated rings. The molecule has 0 unspecified atom stereocenters. The van der Waals surface area contributed by atoms with Crippen LogP contribution < -0.4 is 14.4 Å². The number of amides is 1. The highest BCUT2D eigenvalue weighted by molar-refractivity contribution is 7.92. The van der Waals surface area contributed by atoms with E-state index in [0.717, 1.165) is 16.6 Å². The molecular formula is C18H21FN2O4S. The van der Waals surface area contributed by atoms with Crippen molar-refractivity contribution in [3.05, 3.63) is 54.3 Å². The van der Waals surface area contributed by atoms with Gasteiger partial charge in [0.1, 0.15) is 11.6 Å². The molecule has 0 aliphatic heterocycles. The van der Waals surface area contributed by atoms with Crippen molar-refractivity contribution in [1.29, 1.82) is 0 Å². The van der Waals surface area contributed by atoms with Gasteiger partial charge >= 0.3 is 0 Å². The zero-order valence-corrected chi connectivity index (χ0v) is 15.4. The maximum absolute atomic E-state index is 13.4. The van der Waals surface area contributed by atoms with E-state index in [1.54, 1.807) is 24.3 Å². The molecule has 6 nitrogen and oxygen atoms in total. The van der Waals surface area contributed by atoms with Gasteiger partial charge in [-0.05, 0) is 37.3 Å². The Bertz CT molecular complexity index is 871. The van der Waals surface area contributed by atoms with Crippen LogP contribution in [0.25, 0.3) is 0 Å². The minimum Gasteiger partial charge on any atom is -0.492 e. The molecular weight excluding hydrogens is 359 g/mol. The first-order valence-electron chi connectivity index (χ1n) is 8.06. The van der Waals surface area contributed by atoms with Crippen LogP contribution >= 0.6 is 0 Å². The predicted molar refractivity (Wildman–Crippen MR) is 99.4 cm³/mol. The lowest BCUT2D eigenvalue weighted by Gasteiger charge is -2.22. The van der Waals surface area contributed by atoms with Gasteiger partial charge in [-0.15, -0.1) is 0 Å². The van der Waals surface area contributed by atoms with E-state index < -0.39 is 15.8 Å². The van der Waals surface area contributed by atoms with E-state index in [4.69, 9.17) is 4.74 Å². The third kappa shape index (κ3) is 5.45. The molecule has 0 saturated heterocycles. The summed E-state index contributed by atoms with van der Waals surface area (Å²) in [5.41, 5.74) is 0.686. The van der Waals surface area contributed by atoms with Gasteiger partial charge in [-0.2, -0.15) is 0 Å². The van der Waals surface area contributed by atoms with Crippen molar-refractivity contribution in [1.82, 2.24) is 0 Å². The fourth-order valence-corrected chi connectivity index (χ4v) is 3.30. The number of nitrogens with zero attached hydrogens (tertiary/aromatic N) is 1. The molecule has 0 aliphatic rings. The molecule has 2 aromatic carbocycles. The molecule has 1 amide bonds. The van der Waals surface area contributed by atoms with Crippen molar-refractivity contribution in [2.45, 2.75) is 13.3 Å². The number of sulfonamides is 1. The van der Waals surface area contributed by atoms with Gasteiger partial charge in [-0.1, -0.05) is 18.2 Å². The maximum Gasteiger partial charge on any atom is 0.232 e. The number of rotatable bonds is 8. The fraction of sp³-hybridized carbons (Fsp3) is 0.278. The molecule has 0 bridgehead atoms. The maximum atomic E-state index is 13.4. The molecule has 8 heteroatoms. The number of benzene rings is 2. The molecule has 0 saturated carbocycles.